The van der Waals surface area contributed by atoms with Gasteiger partial charge in [-0.25, -0.2) is 0 Å². The first-order valence-electron chi connectivity index (χ1n) is 5.38. The molecule has 0 aliphatic rings. The Balaban J connectivity index is 2.18. The Hall–Kier alpha value is -2.50. The molecule has 6 nitrogen and oxygen atoms in total. The fraction of sp³-hybridized carbons (Fsp3) is 0.167. The van der Waals surface area contributed by atoms with E-state index in [1.54, 1.807) is 18.3 Å². The second kappa shape index (κ2) is 5.22. The van der Waals surface area contributed by atoms with Crippen LogP contribution in [0, 0.1) is 10.1 Å². The van der Waals surface area contributed by atoms with Crippen molar-refractivity contribution >= 4 is 11.4 Å². The van der Waals surface area contributed by atoms with Crippen LogP contribution in [0.25, 0.3) is 0 Å². The topological polar surface area (TPSA) is 80.2 Å². The molecule has 1 heterocycles. The van der Waals surface area contributed by atoms with Gasteiger partial charge >= 0.3 is 0 Å². The summed E-state index contributed by atoms with van der Waals surface area (Å²) < 4.78 is 4.97. The number of anilines is 1. The van der Waals surface area contributed by atoms with E-state index in [0.717, 1.165) is 5.56 Å². The standard InChI is InChI=1S/C12H13N3O3/c1-18-10-2-3-11(12(6-10)15(16)17)14-8-9-4-5-13-7-9/h2-7,13-14H,8H2,1H3. The molecule has 2 rings (SSSR count). The van der Waals surface area contributed by atoms with Crippen molar-refractivity contribution in [1.82, 2.24) is 4.98 Å². The summed E-state index contributed by atoms with van der Waals surface area (Å²) in [4.78, 5) is 13.5. The molecule has 18 heavy (non-hydrogen) atoms. The number of aromatic nitrogens is 1. The second-order valence-corrected chi connectivity index (χ2v) is 3.71. The maximum atomic E-state index is 11.0. The molecule has 1 aromatic heterocycles. The maximum absolute atomic E-state index is 11.0. The third-order valence-corrected chi connectivity index (χ3v) is 2.55. The van der Waals surface area contributed by atoms with Crippen LogP contribution in [0.15, 0.2) is 36.7 Å². The Morgan fingerprint density at radius 2 is 2.28 bits per heavy atom. The van der Waals surface area contributed by atoms with Crippen molar-refractivity contribution in [1.29, 1.82) is 0 Å². The highest BCUT2D eigenvalue weighted by Gasteiger charge is 2.14. The lowest BCUT2D eigenvalue weighted by Gasteiger charge is -2.07. The first-order chi connectivity index (χ1) is 8.70. The number of nitrogens with zero attached hydrogens (tertiary/aromatic N) is 1. The minimum atomic E-state index is -0.429. The van der Waals surface area contributed by atoms with Gasteiger partial charge in [-0.3, -0.25) is 10.1 Å². The lowest BCUT2D eigenvalue weighted by atomic mass is 10.2. The lowest BCUT2D eigenvalue weighted by molar-refractivity contribution is -0.384. The van der Waals surface area contributed by atoms with Gasteiger partial charge in [0.25, 0.3) is 5.69 Å². The van der Waals surface area contributed by atoms with Crippen LogP contribution < -0.4 is 10.1 Å². The van der Waals surface area contributed by atoms with E-state index in [4.69, 9.17) is 4.74 Å². The molecule has 2 aromatic rings. The van der Waals surface area contributed by atoms with Crippen molar-refractivity contribution in [2.75, 3.05) is 12.4 Å². The smallest absolute Gasteiger partial charge is 0.296 e. The third-order valence-electron chi connectivity index (χ3n) is 2.55. The van der Waals surface area contributed by atoms with Gasteiger partial charge in [-0.2, -0.15) is 0 Å². The molecule has 0 unspecified atom stereocenters. The van der Waals surface area contributed by atoms with Crippen LogP contribution in [0.2, 0.25) is 0 Å². The molecular formula is C12H13N3O3. The first kappa shape index (κ1) is 12.0. The molecule has 0 saturated carbocycles. The zero-order valence-electron chi connectivity index (χ0n) is 9.84. The van der Waals surface area contributed by atoms with E-state index >= 15 is 0 Å². The van der Waals surface area contributed by atoms with Crippen molar-refractivity contribution < 1.29 is 9.66 Å². The molecule has 94 valence electrons. The highest BCUT2D eigenvalue weighted by molar-refractivity contribution is 5.63. The minimum absolute atomic E-state index is 0.00452. The first-order valence-corrected chi connectivity index (χ1v) is 5.38. The number of nitro groups is 1. The average molecular weight is 247 g/mol. The van der Waals surface area contributed by atoms with Crippen molar-refractivity contribution in [2.24, 2.45) is 0 Å². The van der Waals surface area contributed by atoms with Crippen LogP contribution in [0.1, 0.15) is 5.56 Å². The van der Waals surface area contributed by atoms with Gasteiger partial charge in [-0.15, -0.1) is 0 Å². The van der Waals surface area contributed by atoms with Crippen LogP contribution in [0.3, 0.4) is 0 Å². The zero-order chi connectivity index (χ0) is 13.0. The van der Waals surface area contributed by atoms with Gasteiger partial charge < -0.3 is 15.0 Å². The Morgan fingerprint density at radius 1 is 1.44 bits per heavy atom. The summed E-state index contributed by atoms with van der Waals surface area (Å²) in [6, 6.07) is 6.64. The molecule has 0 spiro atoms. The number of H-pyrrole nitrogens is 1. The van der Waals surface area contributed by atoms with Crippen molar-refractivity contribution in [2.45, 2.75) is 6.54 Å². The molecule has 0 radical (unpaired) electrons. The van der Waals surface area contributed by atoms with Gasteiger partial charge in [-0.1, -0.05) is 0 Å². The van der Waals surface area contributed by atoms with E-state index in [0.29, 0.717) is 18.0 Å². The molecule has 0 saturated heterocycles. The summed E-state index contributed by atoms with van der Waals surface area (Å²) in [5.41, 5.74) is 1.51. The fourth-order valence-electron chi connectivity index (χ4n) is 1.60. The normalized spacial score (nSPS) is 10.1. The minimum Gasteiger partial charge on any atom is -0.496 e. The van der Waals surface area contributed by atoms with Crippen molar-refractivity contribution in [3.05, 3.63) is 52.3 Å². The van der Waals surface area contributed by atoms with E-state index in [2.05, 4.69) is 10.3 Å². The van der Waals surface area contributed by atoms with Crippen LogP contribution in [-0.4, -0.2) is 17.0 Å². The summed E-state index contributed by atoms with van der Waals surface area (Å²) >= 11 is 0. The van der Waals surface area contributed by atoms with Crippen molar-refractivity contribution in [3.63, 3.8) is 0 Å². The van der Waals surface area contributed by atoms with Gasteiger partial charge in [0.1, 0.15) is 11.4 Å². The van der Waals surface area contributed by atoms with Crippen LogP contribution in [-0.2, 0) is 6.54 Å². The van der Waals surface area contributed by atoms with Crippen LogP contribution in [0.4, 0.5) is 11.4 Å². The monoisotopic (exact) mass is 247 g/mol. The lowest BCUT2D eigenvalue weighted by Crippen LogP contribution is -2.02. The Morgan fingerprint density at radius 3 is 2.89 bits per heavy atom. The van der Waals surface area contributed by atoms with E-state index in [1.807, 2.05) is 12.3 Å². The SMILES string of the molecule is COc1ccc(NCc2cc[nH]c2)c([N+](=O)[O-])c1. The number of aromatic amines is 1. The van der Waals surface area contributed by atoms with Crippen LogP contribution >= 0.6 is 0 Å². The van der Waals surface area contributed by atoms with E-state index in [1.165, 1.54) is 13.2 Å². The molecule has 6 heteroatoms. The average Bonchev–Trinajstić information content (AvgIpc) is 2.89. The van der Waals surface area contributed by atoms with Crippen molar-refractivity contribution in [3.8, 4) is 5.75 Å². The van der Waals surface area contributed by atoms with Gasteiger partial charge in [0.2, 0.25) is 0 Å². The Bertz CT molecular complexity index is 538. The molecule has 0 aliphatic carbocycles. The molecule has 0 atom stereocenters. The highest BCUT2D eigenvalue weighted by atomic mass is 16.6. The van der Waals surface area contributed by atoms with E-state index in [9.17, 15) is 10.1 Å². The highest BCUT2D eigenvalue weighted by Crippen LogP contribution is 2.29. The summed E-state index contributed by atoms with van der Waals surface area (Å²) in [6.45, 7) is 0.524. The quantitative estimate of drug-likeness (QED) is 0.628. The number of nitrogens with one attached hydrogen (secondary N) is 2. The predicted molar refractivity (Wildman–Crippen MR) is 67.8 cm³/mol. The summed E-state index contributed by atoms with van der Waals surface area (Å²) in [5.74, 6) is 0.467. The second-order valence-electron chi connectivity index (χ2n) is 3.71. The zero-order valence-corrected chi connectivity index (χ0v) is 9.84. The van der Waals surface area contributed by atoms with Gasteiger partial charge in [0.05, 0.1) is 18.1 Å². The summed E-state index contributed by atoms with van der Waals surface area (Å²) in [6.07, 6.45) is 3.64. The summed E-state index contributed by atoms with van der Waals surface area (Å²) in [7, 11) is 1.48. The molecule has 0 fully saturated rings. The number of methoxy groups -OCH3 is 1. The summed E-state index contributed by atoms with van der Waals surface area (Å²) in [5, 5.41) is 14.0. The molecule has 2 N–H and O–H groups in total. The predicted octanol–water partition coefficient (Wildman–Crippen LogP) is 2.54. The molecule has 0 amide bonds. The maximum Gasteiger partial charge on any atom is 0.296 e. The largest absolute Gasteiger partial charge is 0.496 e. The van der Waals surface area contributed by atoms with Gasteiger partial charge in [0, 0.05) is 18.9 Å². The fourth-order valence-corrected chi connectivity index (χ4v) is 1.60. The van der Waals surface area contributed by atoms with E-state index in [-0.39, 0.29) is 5.69 Å². The molecular weight excluding hydrogens is 234 g/mol. The van der Waals surface area contributed by atoms with Gasteiger partial charge in [0.15, 0.2) is 0 Å². The number of hydrogen-bond acceptors (Lipinski definition) is 4. The number of hydrogen-bond donors (Lipinski definition) is 2. The number of benzene rings is 1. The third kappa shape index (κ3) is 2.60. The number of nitro benzene ring substituents is 1. The van der Waals surface area contributed by atoms with Gasteiger partial charge in [-0.05, 0) is 23.8 Å². The van der Waals surface area contributed by atoms with E-state index < -0.39 is 4.92 Å². The molecule has 1 aromatic carbocycles. The molecule has 0 bridgehead atoms. The Labute approximate surface area is 104 Å². The number of rotatable bonds is 5. The number of ether oxygens (including phenoxy) is 1. The Kier molecular flexibility index (Phi) is 3.47. The molecule has 0 aliphatic heterocycles. The van der Waals surface area contributed by atoms with Crippen LogP contribution in [0.5, 0.6) is 5.75 Å².